The molecule has 176 valence electrons. The second-order valence-corrected chi connectivity index (χ2v) is 11.0. The number of nitrogens with one attached hydrogen (secondary N) is 1. The molecule has 1 aromatic carbocycles. The maximum Gasteiger partial charge on any atom is 0.421 e. The molecule has 1 aliphatic heterocycles. The summed E-state index contributed by atoms with van der Waals surface area (Å²) in [6.07, 6.45) is -4.58. The number of carbonyl (C=O) groups excluding carboxylic acids is 2. The fourth-order valence-electron chi connectivity index (χ4n) is 4.22. The molecule has 1 N–H and O–H groups in total. The molecule has 0 spiro atoms. The van der Waals surface area contributed by atoms with Crippen LogP contribution in [0.2, 0.25) is 5.02 Å². The lowest BCUT2D eigenvalue weighted by Gasteiger charge is -2.35. The Morgan fingerprint density at radius 1 is 1.12 bits per heavy atom. The molecular weight excluding hydrogens is 469 g/mol. The molecule has 3 rings (SSSR count). The van der Waals surface area contributed by atoms with E-state index in [9.17, 15) is 31.2 Å². The van der Waals surface area contributed by atoms with E-state index in [1.165, 1.54) is 12.1 Å². The molecule has 6 nitrogen and oxygen atoms in total. The lowest BCUT2D eigenvalue weighted by Crippen LogP contribution is -2.66. The van der Waals surface area contributed by atoms with Crippen LogP contribution < -0.4 is 4.72 Å². The van der Waals surface area contributed by atoms with Crippen molar-refractivity contribution in [2.45, 2.75) is 63.1 Å². The number of Topliss-reactive ketones (excluding diaryl/α,β-unsaturated/α-hetero) is 1. The Morgan fingerprint density at radius 2 is 1.72 bits per heavy atom. The number of rotatable bonds is 6. The fourth-order valence-corrected chi connectivity index (χ4v) is 5.66. The normalized spacial score (nSPS) is 23.7. The van der Waals surface area contributed by atoms with Gasteiger partial charge in [-0.25, -0.2) is 8.42 Å². The summed E-state index contributed by atoms with van der Waals surface area (Å²) in [6, 6.07) is 4.48. The summed E-state index contributed by atoms with van der Waals surface area (Å²) in [6.45, 7) is 5.22. The molecule has 1 heterocycles. The highest BCUT2D eigenvalue weighted by molar-refractivity contribution is 7.89. The standard InChI is InChI=1S/C21H24ClF3N2O4S/c1-4-5-10-27-15-11-19(2,3)12-16(28)17(15)20(18(27)29,21(23,24)25)26-32(30,31)14-8-6-13(22)7-9-14/h6-9,26H,4-5,10-12H2,1-3H3/t20-/m0/s1. The van der Waals surface area contributed by atoms with Crippen LogP contribution in [0.15, 0.2) is 40.4 Å². The maximum atomic E-state index is 14.6. The van der Waals surface area contributed by atoms with E-state index in [0.717, 1.165) is 17.0 Å². The van der Waals surface area contributed by atoms with Crippen molar-refractivity contribution in [3.8, 4) is 0 Å². The third kappa shape index (κ3) is 4.08. The third-order valence-electron chi connectivity index (χ3n) is 5.69. The second kappa shape index (κ2) is 8.14. The van der Waals surface area contributed by atoms with Crippen molar-refractivity contribution >= 4 is 33.3 Å². The van der Waals surface area contributed by atoms with Gasteiger partial charge in [0, 0.05) is 23.7 Å². The highest BCUT2D eigenvalue weighted by Gasteiger charge is 2.72. The largest absolute Gasteiger partial charge is 0.421 e. The van der Waals surface area contributed by atoms with Crippen LogP contribution in [0.3, 0.4) is 0 Å². The molecular formula is C21H24ClF3N2O4S. The van der Waals surface area contributed by atoms with E-state index < -0.39 is 49.3 Å². The third-order valence-corrected chi connectivity index (χ3v) is 7.41. The van der Waals surface area contributed by atoms with Crippen LogP contribution in [-0.2, 0) is 19.6 Å². The van der Waals surface area contributed by atoms with Gasteiger partial charge in [0.15, 0.2) is 5.78 Å². The van der Waals surface area contributed by atoms with Crippen molar-refractivity contribution < 1.29 is 31.2 Å². The van der Waals surface area contributed by atoms with Gasteiger partial charge in [-0.2, -0.15) is 17.9 Å². The van der Waals surface area contributed by atoms with E-state index in [2.05, 4.69) is 0 Å². The highest BCUT2D eigenvalue weighted by Crippen LogP contribution is 2.52. The van der Waals surface area contributed by atoms with Gasteiger partial charge in [-0.3, -0.25) is 9.59 Å². The molecule has 2 aliphatic rings. The van der Waals surface area contributed by atoms with Crippen molar-refractivity contribution in [3.05, 3.63) is 40.6 Å². The monoisotopic (exact) mass is 492 g/mol. The molecule has 0 aromatic heterocycles. The van der Waals surface area contributed by atoms with Crippen molar-refractivity contribution in [1.82, 2.24) is 9.62 Å². The number of carbonyl (C=O) groups is 2. The molecule has 11 heteroatoms. The van der Waals surface area contributed by atoms with Crippen molar-refractivity contribution in [1.29, 1.82) is 0 Å². The Labute approximate surface area is 189 Å². The molecule has 0 saturated heterocycles. The first-order valence-electron chi connectivity index (χ1n) is 10.1. The summed E-state index contributed by atoms with van der Waals surface area (Å²) < 4.78 is 71.4. The number of benzene rings is 1. The molecule has 0 bridgehead atoms. The number of ketones is 1. The van der Waals surface area contributed by atoms with E-state index >= 15 is 0 Å². The lowest BCUT2D eigenvalue weighted by atomic mass is 9.72. The van der Waals surface area contributed by atoms with Crippen molar-refractivity contribution in [3.63, 3.8) is 0 Å². The quantitative estimate of drug-likeness (QED) is 0.645. The molecule has 1 aromatic rings. The second-order valence-electron chi connectivity index (χ2n) is 8.88. The number of amides is 1. The van der Waals surface area contributed by atoms with E-state index in [1.807, 2.05) is 6.92 Å². The molecule has 0 radical (unpaired) electrons. The number of halogens is 4. The van der Waals surface area contributed by atoms with Crippen LogP contribution in [0.25, 0.3) is 0 Å². The number of unbranched alkanes of at least 4 members (excludes halogenated alkanes) is 1. The van der Waals surface area contributed by atoms with Crippen molar-refractivity contribution in [2.24, 2.45) is 5.41 Å². The summed E-state index contributed by atoms with van der Waals surface area (Å²) in [5.41, 5.74) is -5.22. The van der Waals surface area contributed by atoms with E-state index in [4.69, 9.17) is 11.6 Å². The van der Waals surface area contributed by atoms with Gasteiger partial charge in [-0.15, -0.1) is 0 Å². The van der Waals surface area contributed by atoms with Crippen LogP contribution in [0, 0.1) is 5.41 Å². The number of hydrogen-bond donors (Lipinski definition) is 1. The number of alkyl halides is 3. The van der Waals surface area contributed by atoms with Crippen LogP contribution in [-0.4, -0.2) is 43.3 Å². The van der Waals surface area contributed by atoms with Crippen LogP contribution in [0.5, 0.6) is 0 Å². The van der Waals surface area contributed by atoms with Crippen LogP contribution in [0.4, 0.5) is 13.2 Å². The summed E-state index contributed by atoms with van der Waals surface area (Å²) in [5.74, 6) is -2.38. The van der Waals surface area contributed by atoms with E-state index in [1.54, 1.807) is 18.6 Å². The first-order chi connectivity index (χ1) is 14.7. The van der Waals surface area contributed by atoms with Gasteiger partial charge in [0.1, 0.15) is 0 Å². The first kappa shape index (κ1) is 24.7. The Hall–Kier alpha value is -1.91. The molecule has 1 aliphatic carbocycles. The van der Waals surface area contributed by atoms with Gasteiger partial charge < -0.3 is 4.90 Å². The summed E-state index contributed by atoms with van der Waals surface area (Å²) in [7, 11) is -4.84. The Bertz CT molecular complexity index is 1080. The average Bonchev–Trinajstić information content (AvgIpc) is 2.87. The number of hydrogen-bond acceptors (Lipinski definition) is 4. The predicted octanol–water partition coefficient (Wildman–Crippen LogP) is 4.20. The SMILES string of the molecule is CCCCN1C(=O)[C@](NS(=O)(=O)c2ccc(Cl)cc2)(C(F)(F)F)C2=C1CC(C)(C)CC2=O. The number of allylic oxidation sites excluding steroid dienone is 1. The predicted molar refractivity (Wildman–Crippen MR) is 112 cm³/mol. The van der Waals surface area contributed by atoms with Gasteiger partial charge >= 0.3 is 6.18 Å². The topological polar surface area (TPSA) is 83.6 Å². The van der Waals surface area contributed by atoms with Crippen molar-refractivity contribution in [2.75, 3.05) is 6.54 Å². The summed E-state index contributed by atoms with van der Waals surface area (Å²) in [4.78, 5) is 26.8. The minimum Gasteiger partial charge on any atom is -0.313 e. The van der Waals surface area contributed by atoms with E-state index in [0.29, 0.717) is 12.8 Å². The number of sulfonamides is 1. The Kier molecular flexibility index (Phi) is 6.29. The molecule has 0 saturated carbocycles. The number of nitrogens with zero attached hydrogens (tertiary/aromatic N) is 1. The Balaban J connectivity index is 2.23. The lowest BCUT2D eigenvalue weighted by molar-refractivity contribution is -0.188. The molecule has 0 fully saturated rings. The van der Waals surface area contributed by atoms with Gasteiger partial charge in [0.05, 0.1) is 10.5 Å². The average molecular weight is 493 g/mol. The van der Waals surface area contributed by atoms with Crippen LogP contribution >= 0.6 is 11.6 Å². The summed E-state index contributed by atoms with van der Waals surface area (Å²) >= 11 is 5.75. The van der Waals surface area contributed by atoms with Gasteiger partial charge in [0.25, 0.3) is 5.91 Å². The summed E-state index contributed by atoms with van der Waals surface area (Å²) in [5, 5.41) is 0.187. The minimum absolute atomic E-state index is 0.0436. The van der Waals surface area contributed by atoms with Gasteiger partial charge in [0.2, 0.25) is 15.6 Å². The molecule has 0 unspecified atom stereocenters. The zero-order valence-electron chi connectivity index (χ0n) is 17.8. The zero-order chi connectivity index (χ0) is 24.1. The highest BCUT2D eigenvalue weighted by atomic mass is 35.5. The van der Waals surface area contributed by atoms with Crippen LogP contribution in [0.1, 0.15) is 46.5 Å². The smallest absolute Gasteiger partial charge is 0.313 e. The first-order valence-corrected chi connectivity index (χ1v) is 12.0. The molecule has 1 amide bonds. The fraction of sp³-hybridized carbons (Fsp3) is 0.524. The van der Waals surface area contributed by atoms with Gasteiger partial charge in [-0.1, -0.05) is 38.8 Å². The maximum absolute atomic E-state index is 14.6. The van der Waals surface area contributed by atoms with E-state index in [-0.39, 0.29) is 30.1 Å². The molecule has 32 heavy (non-hydrogen) atoms. The zero-order valence-corrected chi connectivity index (χ0v) is 19.4. The Morgan fingerprint density at radius 3 is 2.25 bits per heavy atom. The van der Waals surface area contributed by atoms with Gasteiger partial charge in [-0.05, 0) is 42.5 Å². The molecule has 1 atom stereocenters. The minimum atomic E-state index is -5.39.